The van der Waals surface area contributed by atoms with Crippen molar-refractivity contribution in [2.24, 2.45) is 0 Å². The van der Waals surface area contributed by atoms with Gasteiger partial charge < -0.3 is 4.90 Å². The number of hydrogen-bond donors (Lipinski definition) is 0. The maximum atomic E-state index is 12.1. The molecule has 1 aromatic carbocycles. The fourth-order valence-electron chi connectivity index (χ4n) is 1.64. The van der Waals surface area contributed by atoms with Crippen molar-refractivity contribution in [1.29, 1.82) is 5.26 Å². The van der Waals surface area contributed by atoms with E-state index in [1.807, 2.05) is 24.3 Å². The summed E-state index contributed by atoms with van der Waals surface area (Å²) in [5.74, 6) is 0.189. The molecule has 2 rings (SSSR count). The molecule has 7 nitrogen and oxygen atoms in total. The van der Waals surface area contributed by atoms with Crippen LogP contribution < -0.4 is 0 Å². The average Bonchev–Trinajstić information content (AvgIpc) is 2.95. The third-order valence-corrected chi connectivity index (χ3v) is 3.85. The zero-order valence-electron chi connectivity index (χ0n) is 12.5. The van der Waals surface area contributed by atoms with Crippen LogP contribution in [0.5, 0.6) is 0 Å². The standard InChI is InChI=1S/C14H15BrN6O/c1-14(2,9-16)20(3)12(22)8-21-18-13(17-19-21)10-4-6-11(15)7-5-10/h4-7H,8H2,1-3H3. The Morgan fingerprint density at radius 1 is 1.41 bits per heavy atom. The number of carbonyl (C=O) groups is 1. The van der Waals surface area contributed by atoms with E-state index in [1.54, 1.807) is 20.9 Å². The Morgan fingerprint density at radius 3 is 2.64 bits per heavy atom. The lowest BCUT2D eigenvalue weighted by Gasteiger charge is -2.28. The molecular formula is C14H15BrN6O. The molecule has 1 aromatic heterocycles. The summed E-state index contributed by atoms with van der Waals surface area (Å²) < 4.78 is 0.958. The van der Waals surface area contributed by atoms with Crippen LogP contribution in [-0.2, 0) is 11.3 Å². The number of nitrogens with zero attached hydrogens (tertiary/aromatic N) is 6. The molecule has 0 spiro atoms. The van der Waals surface area contributed by atoms with Gasteiger partial charge >= 0.3 is 0 Å². The Hall–Kier alpha value is -2.27. The average molecular weight is 363 g/mol. The largest absolute Gasteiger partial charge is 0.326 e. The van der Waals surface area contributed by atoms with Gasteiger partial charge in [0.25, 0.3) is 0 Å². The smallest absolute Gasteiger partial charge is 0.247 e. The van der Waals surface area contributed by atoms with Gasteiger partial charge in [0.2, 0.25) is 11.7 Å². The Kier molecular flexibility index (Phi) is 4.56. The van der Waals surface area contributed by atoms with E-state index in [0.717, 1.165) is 10.0 Å². The molecule has 0 N–H and O–H groups in total. The maximum absolute atomic E-state index is 12.1. The minimum Gasteiger partial charge on any atom is -0.326 e. The summed E-state index contributed by atoms with van der Waals surface area (Å²) in [5, 5.41) is 21.1. The first-order valence-corrected chi connectivity index (χ1v) is 7.34. The van der Waals surface area contributed by atoms with Crippen LogP contribution in [0.2, 0.25) is 0 Å². The topological polar surface area (TPSA) is 87.7 Å². The number of nitriles is 1. The van der Waals surface area contributed by atoms with E-state index in [0.29, 0.717) is 5.82 Å². The molecule has 0 aliphatic carbocycles. The first kappa shape index (κ1) is 16.1. The van der Waals surface area contributed by atoms with Crippen LogP contribution in [0.4, 0.5) is 0 Å². The zero-order valence-corrected chi connectivity index (χ0v) is 14.1. The van der Waals surface area contributed by atoms with Crippen molar-refractivity contribution in [3.8, 4) is 17.5 Å². The molecule has 1 amide bonds. The summed E-state index contributed by atoms with van der Waals surface area (Å²) in [7, 11) is 1.58. The van der Waals surface area contributed by atoms with Crippen molar-refractivity contribution < 1.29 is 4.79 Å². The van der Waals surface area contributed by atoms with Gasteiger partial charge in [-0.2, -0.15) is 10.1 Å². The second kappa shape index (κ2) is 6.23. The van der Waals surface area contributed by atoms with Crippen LogP contribution in [-0.4, -0.2) is 43.6 Å². The molecule has 0 saturated heterocycles. The Bertz CT molecular complexity index is 716. The van der Waals surface area contributed by atoms with Gasteiger partial charge in [-0.25, -0.2) is 0 Å². The van der Waals surface area contributed by atoms with E-state index >= 15 is 0 Å². The van der Waals surface area contributed by atoms with Crippen molar-refractivity contribution in [1.82, 2.24) is 25.1 Å². The van der Waals surface area contributed by atoms with E-state index in [1.165, 1.54) is 9.70 Å². The molecule has 0 atom stereocenters. The minimum absolute atomic E-state index is 0.0643. The molecule has 0 bridgehead atoms. The van der Waals surface area contributed by atoms with Crippen molar-refractivity contribution in [3.05, 3.63) is 28.7 Å². The number of amides is 1. The quantitative estimate of drug-likeness (QED) is 0.828. The van der Waals surface area contributed by atoms with Crippen LogP contribution in [0.3, 0.4) is 0 Å². The zero-order chi connectivity index (χ0) is 16.3. The third kappa shape index (κ3) is 3.49. The van der Waals surface area contributed by atoms with E-state index in [2.05, 4.69) is 37.4 Å². The molecule has 0 fully saturated rings. The molecule has 8 heteroatoms. The van der Waals surface area contributed by atoms with Crippen LogP contribution in [0, 0.1) is 11.3 Å². The normalized spacial score (nSPS) is 11.0. The van der Waals surface area contributed by atoms with Gasteiger partial charge in [-0.3, -0.25) is 4.79 Å². The molecule has 114 valence electrons. The Labute approximate surface area is 136 Å². The molecule has 0 aliphatic rings. The summed E-state index contributed by atoms with van der Waals surface area (Å²) in [6.45, 7) is 3.28. The molecular weight excluding hydrogens is 348 g/mol. The SMILES string of the molecule is CN(C(=O)Cn1nnc(-c2ccc(Br)cc2)n1)C(C)(C)C#N. The molecule has 0 unspecified atom stereocenters. The van der Waals surface area contributed by atoms with Crippen molar-refractivity contribution in [2.45, 2.75) is 25.9 Å². The highest BCUT2D eigenvalue weighted by atomic mass is 79.9. The number of hydrogen-bond acceptors (Lipinski definition) is 5. The first-order valence-electron chi connectivity index (χ1n) is 6.55. The second-order valence-electron chi connectivity index (χ2n) is 5.27. The van der Waals surface area contributed by atoms with Crippen molar-refractivity contribution in [2.75, 3.05) is 7.05 Å². The van der Waals surface area contributed by atoms with Crippen molar-refractivity contribution >= 4 is 21.8 Å². The highest BCUT2D eigenvalue weighted by molar-refractivity contribution is 9.10. The molecule has 22 heavy (non-hydrogen) atoms. The van der Waals surface area contributed by atoms with E-state index in [9.17, 15) is 4.79 Å². The summed E-state index contributed by atoms with van der Waals surface area (Å²) in [6.07, 6.45) is 0. The van der Waals surface area contributed by atoms with E-state index in [-0.39, 0.29) is 12.5 Å². The fraction of sp³-hybridized carbons (Fsp3) is 0.357. The van der Waals surface area contributed by atoms with Crippen molar-refractivity contribution in [3.63, 3.8) is 0 Å². The lowest BCUT2D eigenvalue weighted by molar-refractivity contribution is -0.134. The lowest BCUT2D eigenvalue weighted by atomic mass is 10.1. The second-order valence-corrected chi connectivity index (χ2v) is 6.19. The molecule has 1 heterocycles. The number of likely N-dealkylation sites (N-methyl/N-ethyl adjacent to an activating group) is 1. The fourth-order valence-corrected chi connectivity index (χ4v) is 1.90. The van der Waals surface area contributed by atoms with E-state index in [4.69, 9.17) is 5.26 Å². The number of aromatic nitrogens is 4. The number of benzene rings is 1. The number of rotatable bonds is 4. The van der Waals surface area contributed by atoms with Crippen LogP contribution >= 0.6 is 15.9 Å². The predicted octanol–water partition coefficient (Wildman–Crippen LogP) is 1.86. The molecule has 0 radical (unpaired) electrons. The number of halogens is 1. The molecule has 0 aliphatic heterocycles. The summed E-state index contributed by atoms with van der Waals surface area (Å²) >= 11 is 3.36. The maximum Gasteiger partial charge on any atom is 0.247 e. The highest BCUT2D eigenvalue weighted by Crippen LogP contribution is 2.17. The van der Waals surface area contributed by atoms with Gasteiger partial charge in [0, 0.05) is 17.1 Å². The summed E-state index contributed by atoms with van der Waals surface area (Å²) in [5.41, 5.74) is -0.0701. The number of carbonyl (C=O) groups excluding carboxylic acids is 1. The van der Waals surface area contributed by atoms with Gasteiger partial charge in [-0.1, -0.05) is 15.9 Å². The first-order chi connectivity index (χ1) is 10.3. The summed E-state index contributed by atoms with van der Waals surface area (Å²) in [6, 6.07) is 9.56. The monoisotopic (exact) mass is 362 g/mol. The summed E-state index contributed by atoms with van der Waals surface area (Å²) in [4.78, 5) is 14.7. The van der Waals surface area contributed by atoms with Crippen LogP contribution in [0.15, 0.2) is 28.7 Å². The van der Waals surface area contributed by atoms with Gasteiger partial charge in [0.15, 0.2) is 0 Å². The lowest BCUT2D eigenvalue weighted by Crippen LogP contribution is -2.45. The van der Waals surface area contributed by atoms with Gasteiger partial charge in [-0.15, -0.1) is 10.2 Å². The van der Waals surface area contributed by atoms with Crippen LogP contribution in [0.1, 0.15) is 13.8 Å². The van der Waals surface area contributed by atoms with Gasteiger partial charge in [0.05, 0.1) is 6.07 Å². The minimum atomic E-state index is -0.883. The Morgan fingerprint density at radius 2 is 2.05 bits per heavy atom. The van der Waals surface area contributed by atoms with Gasteiger partial charge in [-0.05, 0) is 43.3 Å². The predicted molar refractivity (Wildman–Crippen MR) is 83.4 cm³/mol. The molecule has 0 saturated carbocycles. The van der Waals surface area contributed by atoms with E-state index < -0.39 is 5.54 Å². The van der Waals surface area contributed by atoms with Gasteiger partial charge in [0.1, 0.15) is 12.1 Å². The third-order valence-electron chi connectivity index (χ3n) is 3.32. The van der Waals surface area contributed by atoms with Crippen LogP contribution in [0.25, 0.3) is 11.4 Å². The number of tetrazole rings is 1. The Balaban J connectivity index is 2.11. The molecule has 2 aromatic rings. The highest BCUT2D eigenvalue weighted by Gasteiger charge is 2.27.